The standard InChI is InChI=1S/C21H21N5O2/c1-14-4-6-18(12-15(14)2)27-20-13-16(8-10-22-20)21-23-19(28-25-21)7-5-17-9-11-26(3)24-17/h4,6,8-13H,5,7H2,1-3H3. The molecule has 4 rings (SSSR count). The Morgan fingerprint density at radius 3 is 2.71 bits per heavy atom. The molecule has 28 heavy (non-hydrogen) atoms. The van der Waals surface area contributed by atoms with Crippen molar-refractivity contribution in [3.63, 3.8) is 0 Å². The monoisotopic (exact) mass is 375 g/mol. The molecule has 3 aromatic heterocycles. The third kappa shape index (κ3) is 4.09. The van der Waals surface area contributed by atoms with Gasteiger partial charge in [0.2, 0.25) is 17.6 Å². The van der Waals surface area contributed by atoms with E-state index < -0.39 is 0 Å². The van der Waals surface area contributed by atoms with Crippen LogP contribution in [0.4, 0.5) is 0 Å². The summed E-state index contributed by atoms with van der Waals surface area (Å²) in [7, 11) is 1.90. The lowest BCUT2D eigenvalue weighted by atomic mass is 10.1. The van der Waals surface area contributed by atoms with Gasteiger partial charge in [0.05, 0.1) is 5.69 Å². The highest BCUT2D eigenvalue weighted by Crippen LogP contribution is 2.25. The van der Waals surface area contributed by atoms with Crippen LogP contribution in [0, 0.1) is 13.8 Å². The fourth-order valence-electron chi connectivity index (χ4n) is 2.81. The van der Waals surface area contributed by atoms with Crippen molar-refractivity contribution in [3.8, 4) is 23.0 Å². The summed E-state index contributed by atoms with van der Waals surface area (Å²) in [5, 5.41) is 8.44. The van der Waals surface area contributed by atoms with Crippen LogP contribution in [0.2, 0.25) is 0 Å². The number of benzene rings is 1. The maximum Gasteiger partial charge on any atom is 0.227 e. The first-order chi connectivity index (χ1) is 13.6. The van der Waals surface area contributed by atoms with E-state index in [-0.39, 0.29) is 0 Å². The second kappa shape index (κ2) is 7.64. The second-order valence-corrected chi connectivity index (χ2v) is 6.72. The minimum absolute atomic E-state index is 0.487. The molecule has 0 atom stereocenters. The molecule has 0 fully saturated rings. The number of hydrogen-bond acceptors (Lipinski definition) is 6. The van der Waals surface area contributed by atoms with Crippen LogP contribution in [-0.4, -0.2) is 24.9 Å². The highest BCUT2D eigenvalue weighted by Gasteiger charge is 2.11. The van der Waals surface area contributed by atoms with Crippen LogP contribution in [0.5, 0.6) is 11.6 Å². The Balaban J connectivity index is 1.46. The average molecular weight is 375 g/mol. The fraction of sp³-hybridized carbons (Fsp3) is 0.238. The van der Waals surface area contributed by atoms with Gasteiger partial charge in [-0.3, -0.25) is 4.68 Å². The van der Waals surface area contributed by atoms with E-state index in [2.05, 4.69) is 34.1 Å². The quantitative estimate of drug-likeness (QED) is 0.506. The number of aryl methyl sites for hydroxylation is 5. The highest BCUT2D eigenvalue weighted by molar-refractivity contribution is 5.55. The van der Waals surface area contributed by atoms with Crippen molar-refractivity contribution in [1.82, 2.24) is 24.9 Å². The smallest absolute Gasteiger partial charge is 0.227 e. The third-order valence-corrected chi connectivity index (χ3v) is 4.53. The Kier molecular flexibility index (Phi) is 4.89. The molecule has 0 aliphatic carbocycles. The van der Waals surface area contributed by atoms with Crippen molar-refractivity contribution < 1.29 is 9.26 Å². The topological polar surface area (TPSA) is 78.9 Å². The van der Waals surface area contributed by atoms with Gasteiger partial charge in [-0.2, -0.15) is 10.1 Å². The lowest BCUT2D eigenvalue weighted by molar-refractivity contribution is 0.378. The number of aromatic nitrogens is 5. The Hall–Kier alpha value is -3.48. The minimum atomic E-state index is 0.487. The van der Waals surface area contributed by atoms with Gasteiger partial charge in [-0.25, -0.2) is 4.98 Å². The van der Waals surface area contributed by atoms with Crippen molar-refractivity contribution >= 4 is 0 Å². The number of rotatable bonds is 6. The first-order valence-corrected chi connectivity index (χ1v) is 9.09. The largest absolute Gasteiger partial charge is 0.439 e. The van der Waals surface area contributed by atoms with Crippen LogP contribution in [0.15, 0.2) is 53.3 Å². The lowest BCUT2D eigenvalue weighted by Crippen LogP contribution is -1.95. The average Bonchev–Trinajstić information content (AvgIpc) is 3.32. The first kappa shape index (κ1) is 17.9. The third-order valence-electron chi connectivity index (χ3n) is 4.53. The zero-order valence-electron chi connectivity index (χ0n) is 16.1. The molecule has 0 unspecified atom stereocenters. The number of nitrogens with zero attached hydrogens (tertiary/aromatic N) is 5. The van der Waals surface area contributed by atoms with Crippen molar-refractivity contribution in [2.24, 2.45) is 7.05 Å². The van der Waals surface area contributed by atoms with Crippen molar-refractivity contribution in [2.75, 3.05) is 0 Å². The fourth-order valence-corrected chi connectivity index (χ4v) is 2.81. The molecule has 0 radical (unpaired) electrons. The van der Waals surface area contributed by atoms with Crippen LogP contribution >= 0.6 is 0 Å². The second-order valence-electron chi connectivity index (χ2n) is 6.72. The molecule has 0 amide bonds. The van der Waals surface area contributed by atoms with E-state index in [1.54, 1.807) is 10.9 Å². The number of hydrogen-bond donors (Lipinski definition) is 0. The molecule has 0 saturated heterocycles. The summed E-state index contributed by atoms with van der Waals surface area (Å²) >= 11 is 0. The van der Waals surface area contributed by atoms with Crippen LogP contribution in [0.1, 0.15) is 22.7 Å². The molecule has 0 bridgehead atoms. The predicted octanol–water partition coefficient (Wildman–Crippen LogP) is 4.06. The van der Waals surface area contributed by atoms with Gasteiger partial charge in [0.1, 0.15) is 5.75 Å². The molecule has 1 aromatic carbocycles. The zero-order chi connectivity index (χ0) is 19.5. The first-order valence-electron chi connectivity index (χ1n) is 9.09. The normalized spacial score (nSPS) is 11.0. The SMILES string of the molecule is Cc1ccc(Oc2cc(-c3noc(CCc4ccn(C)n4)n3)ccn2)cc1C. The molecule has 0 saturated carbocycles. The summed E-state index contributed by atoms with van der Waals surface area (Å²) in [6.45, 7) is 4.12. The summed E-state index contributed by atoms with van der Waals surface area (Å²) in [6.07, 6.45) is 4.99. The zero-order valence-corrected chi connectivity index (χ0v) is 16.1. The van der Waals surface area contributed by atoms with E-state index in [4.69, 9.17) is 9.26 Å². The van der Waals surface area contributed by atoms with E-state index in [1.165, 1.54) is 11.1 Å². The molecule has 0 aliphatic rings. The summed E-state index contributed by atoms with van der Waals surface area (Å²) in [4.78, 5) is 8.76. The van der Waals surface area contributed by atoms with Gasteiger partial charge >= 0.3 is 0 Å². The molecule has 3 heterocycles. The van der Waals surface area contributed by atoms with E-state index >= 15 is 0 Å². The van der Waals surface area contributed by atoms with Gasteiger partial charge < -0.3 is 9.26 Å². The van der Waals surface area contributed by atoms with E-state index in [1.807, 2.05) is 49.6 Å². The molecule has 7 heteroatoms. The Morgan fingerprint density at radius 2 is 1.93 bits per heavy atom. The van der Waals surface area contributed by atoms with Crippen LogP contribution in [-0.2, 0) is 19.9 Å². The molecule has 0 aliphatic heterocycles. The van der Waals surface area contributed by atoms with E-state index in [0.717, 1.165) is 23.4 Å². The van der Waals surface area contributed by atoms with Gasteiger partial charge in [-0.1, -0.05) is 11.2 Å². The Labute approximate surface area is 163 Å². The number of pyridine rings is 1. The van der Waals surface area contributed by atoms with Gasteiger partial charge in [0.15, 0.2) is 0 Å². The highest BCUT2D eigenvalue weighted by atomic mass is 16.5. The van der Waals surface area contributed by atoms with E-state index in [0.29, 0.717) is 24.0 Å². The predicted molar refractivity (Wildman–Crippen MR) is 104 cm³/mol. The van der Waals surface area contributed by atoms with Gasteiger partial charge in [-0.05, 0) is 49.2 Å². The maximum absolute atomic E-state index is 5.88. The Bertz CT molecular complexity index is 1100. The van der Waals surface area contributed by atoms with Gasteiger partial charge in [-0.15, -0.1) is 0 Å². The van der Waals surface area contributed by atoms with Gasteiger partial charge in [0, 0.05) is 43.9 Å². The van der Waals surface area contributed by atoms with Crippen molar-refractivity contribution in [2.45, 2.75) is 26.7 Å². The minimum Gasteiger partial charge on any atom is -0.439 e. The van der Waals surface area contributed by atoms with Crippen LogP contribution < -0.4 is 4.74 Å². The molecular weight excluding hydrogens is 354 g/mol. The summed E-state index contributed by atoms with van der Waals surface area (Å²) in [5.41, 5.74) is 4.18. The molecule has 7 nitrogen and oxygen atoms in total. The molecule has 0 spiro atoms. The number of ether oxygens (including phenoxy) is 1. The Morgan fingerprint density at radius 1 is 1.04 bits per heavy atom. The summed E-state index contributed by atoms with van der Waals surface area (Å²) in [6, 6.07) is 11.6. The van der Waals surface area contributed by atoms with Gasteiger partial charge in [0.25, 0.3) is 0 Å². The van der Waals surface area contributed by atoms with Crippen LogP contribution in [0.25, 0.3) is 11.4 Å². The summed E-state index contributed by atoms with van der Waals surface area (Å²) < 4.78 is 13.0. The van der Waals surface area contributed by atoms with Crippen LogP contribution in [0.3, 0.4) is 0 Å². The van der Waals surface area contributed by atoms with Crippen molar-refractivity contribution in [1.29, 1.82) is 0 Å². The molecule has 0 N–H and O–H groups in total. The molecular formula is C21H21N5O2. The molecule has 4 aromatic rings. The summed E-state index contributed by atoms with van der Waals surface area (Å²) in [5.74, 6) is 2.33. The van der Waals surface area contributed by atoms with E-state index in [9.17, 15) is 0 Å². The molecule has 142 valence electrons. The lowest BCUT2D eigenvalue weighted by Gasteiger charge is -2.07. The maximum atomic E-state index is 5.88. The van der Waals surface area contributed by atoms with Crippen molar-refractivity contribution in [3.05, 3.63) is 71.5 Å².